The molecule has 0 aliphatic carbocycles. The second-order valence-corrected chi connectivity index (χ2v) is 6.65. The van der Waals surface area contributed by atoms with Gasteiger partial charge in [0.15, 0.2) is 0 Å². The lowest BCUT2D eigenvalue weighted by Gasteiger charge is -2.32. The zero-order chi connectivity index (χ0) is 18.1. The third-order valence-corrected chi connectivity index (χ3v) is 5.02. The van der Waals surface area contributed by atoms with Gasteiger partial charge in [0.25, 0.3) is 5.91 Å². The lowest BCUT2D eigenvalue weighted by Crippen LogP contribution is -2.39. The van der Waals surface area contributed by atoms with Crippen LogP contribution in [0.4, 0.5) is 5.95 Å². The molecule has 1 aromatic carbocycles. The summed E-state index contributed by atoms with van der Waals surface area (Å²) in [4.78, 5) is 27.8. The Balaban J connectivity index is 1.56. The van der Waals surface area contributed by atoms with E-state index in [0.717, 1.165) is 36.2 Å². The van der Waals surface area contributed by atoms with E-state index in [1.165, 1.54) is 0 Å². The number of rotatable bonds is 3. The summed E-state index contributed by atoms with van der Waals surface area (Å²) >= 11 is 0. The molecule has 3 aromatic rings. The lowest BCUT2D eigenvalue weighted by atomic mass is 9.96. The Bertz CT molecular complexity index is 933. The molecule has 26 heavy (non-hydrogen) atoms. The summed E-state index contributed by atoms with van der Waals surface area (Å²) < 4.78 is 2.15. The average Bonchev–Trinajstić information content (AvgIpc) is 3.04. The lowest BCUT2D eigenvalue weighted by molar-refractivity contribution is 0.0703. The number of amides is 1. The first-order chi connectivity index (χ1) is 12.7. The fourth-order valence-corrected chi connectivity index (χ4v) is 3.65. The molecule has 0 saturated carbocycles. The molecule has 1 N–H and O–H groups in total. The number of hydrogen-bond acceptors (Lipinski definition) is 5. The van der Waals surface area contributed by atoms with E-state index in [4.69, 9.17) is 4.98 Å². The van der Waals surface area contributed by atoms with Gasteiger partial charge in [-0.3, -0.25) is 4.79 Å². The van der Waals surface area contributed by atoms with Gasteiger partial charge in [-0.25, -0.2) is 15.0 Å². The number of anilines is 1. The molecule has 4 rings (SSSR count). The maximum atomic E-state index is 12.8. The number of fused-ring (bicyclic) bond motifs is 1. The first-order valence-electron chi connectivity index (χ1n) is 8.88. The fourth-order valence-electron chi connectivity index (χ4n) is 3.65. The van der Waals surface area contributed by atoms with Crippen molar-refractivity contribution in [2.24, 2.45) is 7.05 Å². The van der Waals surface area contributed by atoms with Gasteiger partial charge in [0, 0.05) is 45.5 Å². The summed E-state index contributed by atoms with van der Waals surface area (Å²) in [5.41, 5.74) is 2.65. The first-order valence-corrected chi connectivity index (χ1v) is 8.88. The highest BCUT2D eigenvalue weighted by Crippen LogP contribution is 2.29. The van der Waals surface area contributed by atoms with Gasteiger partial charge in [0.2, 0.25) is 5.95 Å². The number of benzene rings is 1. The number of imidazole rings is 1. The van der Waals surface area contributed by atoms with Crippen molar-refractivity contribution in [3.8, 4) is 0 Å². The van der Waals surface area contributed by atoms with Crippen LogP contribution in [0.25, 0.3) is 11.0 Å². The Morgan fingerprint density at radius 2 is 2.00 bits per heavy atom. The second kappa shape index (κ2) is 6.74. The van der Waals surface area contributed by atoms with E-state index < -0.39 is 0 Å². The molecule has 1 saturated heterocycles. The van der Waals surface area contributed by atoms with Crippen LogP contribution in [0.1, 0.15) is 34.9 Å². The van der Waals surface area contributed by atoms with Crippen LogP contribution in [-0.4, -0.2) is 50.5 Å². The van der Waals surface area contributed by atoms with Gasteiger partial charge in [-0.1, -0.05) is 12.1 Å². The van der Waals surface area contributed by atoms with Gasteiger partial charge in [0.1, 0.15) is 5.82 Å². The van der Waals surface area contributed by atoms with Crippen molar-refractivity contribution in [2.45, 2.75) is 18.8 Å². The summed E-state index contributed by atoms with van der Waals surface area (Å²) in [6, 6.07) is 8.15. The van der Waals surface area contributed by atoms with Gasteiger partial charge in [-0.15, -0.1) is 0 Å². The molecule has 1 amide bonds. The molecule has 0 unspecified atom stereocenters. The van der Waals surface area contributed by atoms with E-state index in [1.807, 2.05) is 23.1 Å². The molecule has 1 fully saturated rings. The zero-order valence-corrected chi connectivity index (χ0v) is 15.0. The van der Waals surface area contributed by atoms with Crippen LogP contribution in [0.15, 0.2) is 36.7 Å². The van der Waals surface area contributed by atoms with Crippen LogP contribution in [-0.2, 0) is 7.05 Å². The molecule has 3 heterocycles. The van der Waals surface area contributed by atoms with Crippen molar-refractivity contribution in [1.82, 2.24) is 24.4 Å². The highest BCUT2D eigenvalue weighted by atomic mass is 16.2. The van der Waals surface area contributed by atoms with E-state index in [0.29, 0.717) is 18.1 Å². The van der Waals surface area contributed by atoms with Crippen LogP contribution in [0, 0.1) is 0 Å². The van der Waals surface area contributed by atoms with Gasteiger partial charge < -0.3 is 14.8 Å². The van der Waals surface area contributed by atoms with Gasteiger partial charge in [-0.05, 0) is 25.0 Å². The Labute approximate surface area is 152 Å². The third-order valence-electron chi connectivity index (χ3n) is 5.02. The minimum Gasteiger partial charge on any atom is -0.357 e. The second-order valence-electron chi connectivity index (χ2n) is 6.65. The average molecular weight is 350 g/mol. The van der Waals surface area contributed by atoms with Crippen molar-refractivity contribution < 1.29 is 4.79 Å². The van der Waals surface area contributed by atoms with E-state index in [-0.39, 0.29) is 11.8 Å². The third kappa shape index (κ3) is 2.89. The largest absolute Gasteiger partial charge is 0.357 e. The molecule has 134 valence electrons. The number of nitrogens with zero attached hydrogens (tertiary/aromatic N) is 5. The number of hydrogen-bond donors (Lipinski definition) is 1. The standard InChI is InChI=1S/C19H22N6O/c1-20-19-21-10-14(11-22-19)18(26)25-9-5-6-13(12-25)17-23-15-7-3-4-8-16(15)24(17)2/h3-4,7-8,10-11,13H,5-6,9,12H2,1-2H3,(H,20,21,22)/t13-/m0/s1. The van der Waals surface area contributed by atoms with Gasteiger partial charge in [0.05, 0.1) is 16.6 Å². The van der Waals surface area contributed by atoms with Crippen molar-refractivity contribution in [2.75, 3.05) is 25.5 Å². The maximum absolute atomic E-state index is 12.8. The van der Waals surface area contributed by atoms with Crippen LogP contribution in [0.2, 0.25) is 0 Å². The minimum atomic E-state index is -0.0175. The molecular formula is C19H22N6O. The predicted octanol–water partition coefficient (Wildman–Crippen LogP) is 2.42. The first kappa shape index (κ1) is 16.5. The topological polar surface area (TPSA) is 75.9 Å². The molecule has 0 radical (unpaired) electrons. The van der Waals surface area contributed by atoms with Crippen molar-refractivity contribution in [3.05, 3.63) is 48.0 Å². The number of nitrogens with one attached hydrogen (secondary N) is 1. The number of carbonyl (C=O) groups excluding carboxylic acids is 1. The number of carbonyl (C=O) groups is 1. The monoisotopic (exact) mass is 350 g/mol. The number of aromatic nitrogens is 4. The SMILES string of the molecule is CNc1ncc(C(=O)N2CCC[C@H](c3nc4ccccc4n3C)C2)cn1. The summed E-state index contributed by atoms with van der Waals surface area (Å²) in [6.45, 7) is 1.43. The van der Waals surface area contributed by atoms with Crippen LogP contribution in [0.3, 0.4) is 0 Å². The number of likely N-dealkylation sites (tertiary alicyclic amines) is 1. The van der Waals surface area contributed by atoms with Crippen LogP contribution in [0.5, 0.6) is 0 Å². The predicted molar refractivity (Wildman–Crippen MR) is 100 cm³/mol. The Morgan fingerprint density at radius 3 is 2.73 bits per heavy atom. The summed E-state index contributed by atoms with van der Waals surface area (Å²) in [6.07, 6.45) is 5.17. The Hall–Kier alpha value is -2.96. The normalized spacial score (nSPS) is 17.5. The van der Waals surface area contributed by atoms with E-state index in [9.17, 15) is 4.79 Å². The van der Waals surface area contributed by atoms with Gasteiger partial charge in [-0.2, -0.15) is 0 Å². The summed E-state index contributed by atoms with van der Waals surface area (Å²) in [5.74, 6) is 1.78. The van der Waals surface area contributed by atoms with Crippen LogP contribution < -0.4 is 5.32 Å². The van der Waals surface area contributed by atoms with E-state index in [2.05, 4.69) is 33.0 Å². The van der Waals surface area contributed by atoms with E-state index >= 15 is 0 Å². The number of para-hydroxylation sites is 2. The van der Waals surface area contributed by atoms with E-state index in [1.54, 1.807) is 19.4 Å². The Kier molecular flexibility index (Phi) is 4.28. The summed E-state index contributed by atoms with van der Waals surface area (Å²) in [5, 5.41) is 2.86. The minimum absolute atomic E-state index is 0.0175. The highest BCUT2D eigenvalue weighted by molar-refractivity contribution is 5.93. The highest BCUT2D eigenvalue weighted by Gasteiger charge is 2.28. The fraction of sp³-hybridized carbons (Fsp3) is 0.368. The molecule has 7 heteroatoms. The van der Waals surface area contributed by atoms with Gasteiger partial charge >= 0.3 is 0 Å². The molecule has 0 spiro atoms. The molecular weight excluding hydrogens is 328 g/mol. The van der Waals surface area contributed by atoms with Crippen molar-refractivity contribution in [1.29, 1.82) is 0 Å². The Morgan fingerprint density at radius 1 is 1.23 bits per heavy atom. The molecule has 7 nitrogen and oxygen atoms in total. The molecule has 1 aliphatic heterocycles. The quantitative estimate of drug-likeness (QED) is 0.785. The molecule has 2 aromatic heterocycles. The zero-order valence-electron chi connectivity index (χ0n) is 15.0. The van der Waals surface area contributed by atoms with Crippen molar-refractivity contribution >= 4 is 22.9 Å². The maximum Gasteiger partial charge on any atom is 0.257 e. The summed E-state index contributed by atoms with van der Waals surface area (Å²) in [7, 11) is 3.80. The molecule has 0 bridgehead atoms. The molecule has 1 aliphatic rings. The van der Waals surface area contributed by atoms with Crippen molar-refractivity contribution in [3.63, 3.8) is 0 Å². The number of piperidine rings is 1. The number of aryl methyl sites for hydroxylation is 1. The smallest absolute Gasteiger partial charge is 0.257 e. The molecule has 1 atom stereocenters. The van der Waals surface area contributed by atoms with Crippen LogP contribution >= 0.6 is 0 Å².